The molecule has 9 heteroatoms. The van der Waals surface area contributed by atoms with Gasteiger partial charge in [-0.1, -0.05) is 59.9 Å². The maximum Gasteiger partial charge on any atom is 0.321 e. The summed E-state index contributed by atoms with van der Waals surface area (Å²) >= 11 is 4.34. The van der Waals surface area contributed by atoms with Gasteiger partial charge in [-0.3, -0.25) is 10.1 Å². The van der Waals surface area contributed by atoms with Crippen molar-refractivity contribution < 1.29 is 9.59 Å². The first-order valence-electron chi connectivity index (χ1n) is 7.82. The molecule has 1 aliphatic rings. The lowest BCUT2D eigenvalue weighted by Crippen LogP contribution is -2.45. The monoisotopic (exact) mass is 386 g/mol. The van der Waals surface area contributed by atoms with Crippen molar-refractivity contribution in [3.63, 3.8) is 0 Å². The molecule has 0 saturated heterocycles. The van der Waals surface area contributed by atoms with Crippen molar-refractivity contribution in [1.82, 2.24) is 20.8 Å². The van der Waals surface area contributed by atoms with E-state index < -0.39 is 11.3 Å². The molecule has 1 saturated carbocycles. The SMILES string of the molecule is C=C(C)CSc1nnc(S[C@@H](C)C(=O)NC(=O)NC2CCCC2)s1. The number of imide groups is 1. The molecule has 0 bridgehead atoms. The van der Waals surface area contributed by atoms with Crippen LogP contribution in [0.4, 0.5) is 4.79 Å². The van der Waals surface area contributed by atoms with Crippen LogP contribution in [-0.2, 0) is 4.79 Å². The van der Waals surface area contributed by atoms with Crippen molar-refractivity contribution >= 4 is 46.8 Å². The number of urea groups is 1. The first-order valence-corrected chi connectivity index (χ1v) is 10.5. The summed E-state index contributed by atoms with van der Waals surface area (Å²) in [5, 5.41) is 13.0. The van der Waals surface area contributed by atoms with Gasteiger partial charge in [-0.05, 0) is 26.7 Å². The zero-order valence-electron chi connectivity index (χ0n) is 13.8. The van der Waals surface area contributed by atoms with Crippen molar-refractivity contribution in [2.24, 2.45) is 0 Å². The van der Waals surface area contributed by atoms with E-state index in [9.17, 15) is 9.59 Å². The number of rotatable bonds is 7. The molecule has 1 aromatic heterocycles. The molecule has 2 rings (SSSR count). The molecule has 0 spiro atoms. The lowest BCUT2D eigenvalue weighted by atomic mass is 10.2. The summed E-state index contributed by atoms with van der Waals surface area (Å²) in [5.74, 6) is 0.485. The van der Waals surface area contributed by atoms with Gasteiger partial charge in [-0.15, -0.1) is 10.2 Å². The van der Waals surface area contributed by atoms with E-state index in [2.05, 4.69) is 27.4 Å². The van der Waals surface area contributed by atoms with Crippen molar-refractivity contribution in [2.75, 3.05) is 5.75 Å². The Hall–Kier alpha value is -1.06. The number of thioether (sulfide) groups is 2. The van der Waals surface area contributed by atoms with Crippen LogP contribution in [0.15, 0.2) is 20.8 Å². The van der Waals surface area contributed by atoms with Gasteiger partial charge in [0.15, 0.2) is 8.68 Å². The highest BCUT2D eigenvalue weighted by Crippen LogP contribution is 2.31. The van der Waals surface area contributed by atoms with Crippen LogP contribution < -0.4 is 10.6 Å². The quantitative estimate of drug-likeness (QED) is 0.551. The van der Waals surface area contributed by atoms with Gasteiger partial charge in [0.2, 0.25) is 5.91 Å². The second-order valence-electron chi connectivity index (χ2n) is 5.78. The Kier molecular flexibility index (Phi) is 7.57. The maximum absolute atomic E-state index is 12.1. The fourth-order valence-electron chi connectivity index (χ4n) is 2.20. The number of nitrogens with zero attached hydrogens (tertiary/aromatic N) is 2. The molecule has 1 fully saturated rings. The van der Waals surface area contributed by atoms with Gasteiger partial charge in [0.05, 0.1) is 5.25 Å². The number of amides is 3. The van der Waals surface area contributed by atoms with E-state index in [4.69, 9.17) is 0 Å². The van der Waals surface area contributed by atoms with Crippen LogP contribution >= 0.6 is 34.9 Å². The largest absolute Gasteiger partial charge is 0.335 e. The van der Waals surface area contributed by atoms with Crippen LogP contribution in [0.3, 0.4) is 0 Å². The molecule has 6 nitrogen and oxygen atoms in total. The molecule has 3 amide bonds. The number of hydrogen-bond donors (Lipinski definition) is 2. The van der Waals surface area contributed by atoms with Crippen molar-refractivity contribution in [3.05, 3.63) is 12.2 Å². The molecule has 0 unspecified atom stereocenters. The number of hydrogen-bond acceptors (Lipinski definition) is 7. The van der Waals surface area contributed by atoms with Crippen LogP contribution in [0.1, 0.15) is 39.5 Å². The smallest absolute Gasteiger partial charge is 0.321 e. The summed E-state index contributed by atoms with van der Waals surface area (Å²) < 4.78 is 1.57. The lowest BCUT2D eigenvalue weighted by molar-refractivity contribution is -0.119. The lowest BCUT2D eigenvalue weighted by Gasteiger charge is -2.14. The van der Waals surface area contributed by atoms with Gasteiger partial charge >= 0.3 is 6.03 Å². The highest BCUT2D eigenvalue weighted by Gasteiger charge is 2.22. The number of carbonyl (C=O) groups excluding carboxylic acids is 2. The van der Waals surface area contributed by atoms with Crippen molar-refractivity contribution in [3.8, 4) is 0 Å². The second-order valence-corrected chi connectivity index (χ2v) is 9.57. The Morgan fingerprint density at radius 2 is 2.00 bits per heavy atom. The fraction of sp³-hybridized carbons (Fsp3) is 0.600. The second kappa shape index (κ2) is 9.43. The minimum Gasteiger partial charge on any atom is -0.335 e. The first kappa shape index (κ1) is 19.3. The molecule has 0 aliphatic heterocycles. The highest BCUT2D eigenvalue weighted by molar-refractivity contribution is 8.04. The average Bonchev–Trinajstić information content (AvgIpc) is 3.16. The fourth-order valence-corrected chi connectivity index (χ4v) is 5.21. The third kappa shape index (κ3) is 6.45. The van der Waals surface area contributed by atoms with Gasteiger partial charge in [-0.2, -0.15) is 0 Å². The summed E-state index contributed by atoms with van der Waals surface area (Å²) in [5.41, 5.74) is 1.07. The molecule has 1 aliphatic carbocycles. The molecule has 0 radical (unpaired) electrons. The standard InChI is InChI=1S/C15H22N4O2S3/c1-9(2)8-22-14-18-19-15(24-14)23-10(3)12(20)17-13(21)16-11-6-4-5-7-11/h10-11H,1,4-8H2,2-3H3,(H2,16,17,20,21)/t10-/m0/s1. The van der Waals surface area contributed by atoms with E-state index in [1.165, 1.54) is 23.1 Å². The van der Waals surface area contributed by atoms with Gasteiger partial charge in [0.25, 0.3) is 0 Å². The molecule has 1 atom stereocenters. The number of aromatic nitrogens is 2. The van der Waals surface area contributed by atoms with E-state index in [0.29, 0.717) is 0 Å². The zero-order chi connectivity index (χ0) is 17.5. The molecule has 24 heavy (non-hydrogen) atoms. The predicted octanol–water partition coefficient (Wildman–Crippen LogP) is 3.46. The Bertz CT molecular complexity index is 599. The first-order chi connectivity index (χ1) is 11.4. The van der Waals surface area contributed by atoms with Crippen LogP contribution in [0, 0.1) is 0 Å². The van der Waals surface area contributed by atoms with E-state index >= 15 is 0 Å². The molecule has 132 valence electrons. The topological polar surface area (TPSA) is 84.0 Å². The molecule has 0 aromatic carbocycles. The summed E-state index contributed by atoms with van der Waals surface area (Å²) in [6, 6.07) is -0.217. The summed E-state index contributed by atoms with van der Waals surface area (Å²) in [7, 11) is 0. The average molecular weight is 387 g/mol. The van der Waals surface area contributed by atoms with Gasteiger partial charge in [0, 0.05) is 11.8 Å². The minimum atomic E-state index is -0.411. The van der Waals surface area contributed by atoms with Gasteiger partial charge < -0.3 is 5.32 Å². The van der Waals surface area contributed by atoms with Gasteiger partial charge in [0.1, 0.15) is 0 Å². The third-order valence-corrected chi connectivity index (χ3v) is 6.88. The highest BCUT2D eigenvalue weighted by atomic mass is 32.2. The molecule has 1 heterocycles. The Morgan fingerprint density at radius 1 is 1.33 bits per heavy atom. The molecular weight excluding hydrogens is 364 g/mol. The molecule has 2 N–H and O–H groups in total. The zero-order valence-corrected chi connectivity index (χ0v) is 16.3. The Labute approximate surface area is 154 Å². The van der Waals surface area contributed by atoms with Gasteiger partial charge in [-0.25, -0.2) is 4.79 Å². The number of carbonyl (C=O) groups is 2. The Balaban J connectivity index is 1.76. The summed E-state index contributed by atoms with van der Waals surface area (Å²) in [6.07, 6.45) is 4.24. The van der Waals surface area contributed by atoms with Crippen molar-refractivity contribution in [2.45, 2.75) is 59.5 Å². The van der Waals surface area contributed by atoms with Crippen LogP contribution in [0.25, 0.3) is 0 Å². The summed E-state index contributed by atoms with van der Waals surface area (Å²) in [4.78, 5) is 23.9. The number of nitrogens with one attached hydrogen (secondary N) is 2. The van der Waals surface area contributed by atoms with E-state index in [1.54, 1.807) is 18.7 Å². The van der Waals surface area contributed by atoms with Crippen LogP contribution in [0.5, 0.6) is 0 Å². The maximum atomic E-state index is 12.1. The minimum absolute atomic E-state index is 0.192. The molecular formula is C15H22N4O2S3. The summed E-state index contributed by atoms with van der Waals surface area (Å²) in [6.45, 7) is 7.57. The Morgan fingerprint density at radius 3 is 2.67 bits per heavy atom. The third-order valence-electron chi connectivity index (χ3n) is 3.40. The normalized spacial score (nSPS) is 15.9. The van der Waals surface area contributed by atoms with Crippen LogP contribution in [0.2, 0.25) is 0 Å². The van der Waals surface area contributed by atoms with E-state index in [0.717, 1.165) is 45.7 Å². The van der Waals surface area contributed by atoms with Crippen LogP contribution in [-0.4, -0.2) is 39.2 Å². The van der Waals surface area contributed by atoms with E-state index in [-0.39, 0.29) is 11.9 Å². The van der Waals surface area contributed by atoms with Crippen molar-refractivity contribution in [1.29, 1.82) is 0 Å². The molecule has 1 aromatic rings. The van der Waals surface area contributed by atoms with E-state index in [1.807, 2.05) is 6.92 Å². The predicted molar refractivity (Wildman–Crippen MR) is 99.7 cm³/mol.